The van der Waals surface area contributed by atoms with Crippen LogP contribution in [0.1, 0.15) is 11.4 Å². The molecule has 1 unspecified atom stereocenters. The maximum Gasteiger partial charge on any atom is 0.322 e. The van der Waals surface area contributed by atoms with E-state index in [0.29, 0.717) is 19.6 Å². The van der Waals surface area contributed by atoms with Crippen molar-refractivity contribution in [1.29, 1.82) is 0 Å². The van der Waals surface area contributed by atoms with E-state index >= 15 is 0 Å². The van der Waals surface area contributed by atoms with Crippen LogP contribution in [0, 0.1) is 6.92 Å². The van der Waals surface area contributed by atoms with Gasteiger partial charge in [-0.15, -0.1) is 0 Å². The van der Waals surface area contributed by atoms with Gasteiger partial charge in [0.05, 0.1) is 11.4 Å². The second kappa shape index (κ2) is 5.20. The van der Waals surface area contributed by atoms with E-state index in [2.05, 4.69) is 20.2 Å². The SMILES string of the molecule is Cc1cncc(CN2CCNC(C(=O)O)C2)n1. The molecule has 6 nitrogen and oxygen atoms in total. The van der Waals surface area contributed by atoms with Crippen molar-refractivity contribution in [1.82, 2.24) is 20.2 Å². The first-order valence-corrected chi connectivity index (χ1v) is 5.61. The fourth-order valence-corrected chi connectivity index (χ4v) is 1.94. The molecule has 2 rings (SSSR count). The number of carboxylic acids is 1. The van der Waals surface area contributed by atoms with Crippen LogP contribution in [-0.4, -0.2) is 51.6 Å². The first kappa shape index (κ1) is 11.9. The summed E-state index contributed by atoms with van der Waals surface area (Å²) in [5, 5.41) is 11.9. The third-order valence-electron chi connectivity index (χ3n) is 2.75. The molecule has 0 bridgehead atoms. The van der Waals surface area contributed by atoms with E-state index in [4.69, 9.17) is 5.11 Å². The van der Waals surface area contributed by atoms with Gasteiger partial charge < -0.3 is 10.4 Å². The van der Waals surface area contributed by atoms with E-state index in [9.17, 15) is 4.79 Å². The van der Waals surface area contributed by atoms with Gasteiger partial charge >= 0.3 is 5.97 Å². The molecule has 0 aliphatic carbocycles. The second-order valence-electron chi connectivity index (χ2n) is 4.23. The fourth-order valence-electron chi connectivity index (χ4n) is 1.94. The molecule has 0 saturated carbocycles. The summed E-state index contributed by atoms with van der Waals surface area (Å²) < 4.78 is 0. The number of aromatic nitrogens is 2. The second-order valence-corrected chi connectivity index (χ2v) is 4.23. The molecule has 0 amide bonds. The molecule has 2 heterocycles. The Kier molecular flexibility index (Phi) is 3.65. The zero-order chi connectivity index (χ0) is 12.3. The molecule has 1 aliphatic heterocycles. The lowest BCUT2D eigenvalue weighted by Crippen LogP contribution is -2.53. The first-order chi connectivity index (χ1) is 8.15. The summed E-state index contributed by atoms with van der Waals surface area (Å²) in [4.78, 5) is 21.4. The molecule has 1 aromatic rings. The van der Waals surface area contributed by atoms with Gasteiger partial charge in [-0.2, -0.15) is 0 Å². The van der Waals surface area contributed by atoms with Crippen LogP contribution in [0.2, 0.25) is 0 Å². The number of carbonyl (C=O) groups is 1. The molecule has 0 spiro atoms. The molecule has 1 aliphatic rings. The number of nitrogens with one attached hydrogen (secondary N) is 1. The van der Waals surface area contributed by atoms with Crippen molar-refractivity contribution >= 4 is 5.97 Å². The number of rotatable bonds is 3. The Labute approximate surface area is 99.7 Å². The lowest BCUT2D eigenvalue weighted by atomic mass is 10.2. The van der Waals surface area contributed by atoms with Crippen molar-refractivity contribution in [3.63, 3.8) is 0 Å². The van der Waals surface area contributed by atoms with Gasteiger partial charge in [0, 0.05) is 38.6 Å². The van der Waals surface area contributed by atoms with Crippen LogP contribution < -0.4 is 5.32 Å². The molecule has 0 aromatic carbocycles. The largest absolute Gasteiger partial charge is 0.480 e. The topological polar surface area (TPSA) is 78.4 Å². The lowest BCUT2D eigenvalue weighted by molar-refractivity contribution is -0.140. The van der Waals surface area contributed by atoms with Crippen molar-refractivity contribution < 1.29 is 9.90 Å². The standard InChI is InChI=1S/C11H16N4O2/c1-8-4-12-5-9(14-8)6-15-3-2-13-10(7-15)11(16)17/h4-5,10,13H,2-3,6-7H2,1H3,(H,16,17). The van der Waals surface area contributed by atoms with Crippen LogP contribution in [0.15, 0.2) is 12.4 Å². The van der Waals surface area contributed by atoms with Gasteiger partial charge in [0.15, 0.2) is 0 Å². The van der Waals surface area contributed by atoms with Crippen LogP contribution in [0.4, 0.5) is 0 Å². The molecule has 1 fully saturated rings. The number of aliphatic carboxylic acids is 1. The molecular weight excluding hydrogens is 220 g/mol. The van der Waals surface area contributed by atoms with Crippen molar-refractivity contribution in [2.45, 2.75) is 19.5 Å². The molecule has 2 N–H and O–H groups in total. The Bertz CT molecular complexity index is 410. The van der Waals surface area contributed by atoms with Gasteiger partial charge in [0.25, 0.3) is 0 Å². The minimum atomic E-state index is -0.801. The zero-order valence-electron chi connectivity index (χ0n) is 9.76. The Morgan fingerprint density at radius 3 is 3.18 bits per heavy atom. The van der Waals surface area contributed by atoms with Crippen LogP contribution in [-0.2, 0) is 11.3 Å². The number of piperazine rings is 1. The van der Waals surface area contributed by atoms with E-state index < -0.39 is 12.0 Å². The Morgan fingerprint density at radius 2 is 2.47 bits per heavy atom. The van der Waals surface area contributed by atoms with Crippen molar-refractivity contribution in [3.8, 4) is 0 Å². The van der Waals surface area contributed by atoms with Gasteiger partial charge in [0.2, 0.25) is 0 Å². The summed E-state index contributed by atoms with van der Waals surface area (Å²) >= 11 is 0. The number of aryl methyl sites for hydroxylation is 1. The summed E-state index contributed by atoms with van der Waals surface area (Å²) in [6, 6.07) is -0.485. The highest BCUT2D eigenvalue weighted by atomic mass is 16.4. The number of hydrogen-bond acceptors (Lipinski definition) is 5. The van der Waals surface area contributed by atoms with Gasteiger partial charge in [-0.1, -0.05) is 0 Å². The highest BCUT2D eigenvalue weighted by Gasteiger charge is 2.24. The van der Waals surface area contributed by atoms with Gasteiger partial charge in [0.1, 0.15) is 6.04 Å². The highest BCUT2D eigenvalue weighted by Crippen LogP contribution is 2.05. The van der Waals surface area contributed by atoms with Crippen molar-refractivity contribution in [2.75, 3.05) is 19.6 Å². The van der Waals surface area contributed by atoms with Crippen LogP contribution in [0.25, 0.3) is 0 Å². The summed E-state index contributed by atoms with van der Waals surface area (Å²) in [5.74, 6) is -0.801. The zero-order valence-corrected chi connectivity index (χ0v) is 9.76. The molecule has 1 aromatic heterocycles. The predicted octanol–water partition coefficient (Wildman–Crippen LogP) is -0.357. The smallest absolute Gasteiger partial charge is 0.322 e. The third kappa shape index (κ3) is 3.21. The van der Waals surface area contributed by atoms with E-state index in [1.807, 2.05) is 6.92 Å². The normalized spacial score (nSPS) is 21.4. The van der Waals surface area contributed by atoms with Crippen LogP contribution in [0.3, 0.4) is 0 Å². The van der Waals surface area contributed by atoms with Crippen molar-refractivity contribution in [3.05, 3.63) is 23.8 Å². The first-order valence-electron chi connectivity index (χ1n) is 5.61. The van der Waals surface area contributed by atoms with Crippen LogP contribution in [0.5, 0.6) is 0 Å². The quantitative estimate of drug-likeness (QED) is 0.746. The molecule has 6 heteroatoms. The summed E-state index contributed by atoms with van der Waals surface area (Å²) in [6.45, 7) is 4.58. The Hall–Kier alpha value is -1.53. The fraction of sp³-hybridized carbons (Fsp3) is 0.545. The molecule has 92 valence electrons. The number of carboxylic acid groups (broad SMARTS) is 1. The minimum Gasteiger partial charge on any atom is -0.480 e. The van der Waals surface area contributed by atoms with E-state index in [1.165, 1.54) is 0 Å². The van der Waals surface area contributed by atoms with Gasteiger partial charge in [-0.3, -0.25) is 19.7 Å². The highest BCUT2D eigenvalue weighted by molar-refractivity contribution is 5.73. The number of hydrogen-bond donors (Lipinski definition) is 2. The van der Waals surface area contributed by atoms with Gasteiger partial charge in [-0.25, -0.2) is 0 Å². The molecular formula is C11H16N4O2. The molecule has 17 heavy (non-hydrogen) atoms. The summed E-state index contributed by atoms with van der Waals surface area (Å²) in [5.41, 5.74) is 1.77. The van der Waals surface area contributed by atoms with Gasteiger partial charge in [-0.05, 0) is 6.92 Å². The summed E-state index contributed by atoms with van der Waals surface area (Å²) in [6.07, 6.45) is 3.44. The monoisotopic (exact) mass is 236 g/mol. The average molecular weight is 236 g/mol. The molecule has 1 atom stereocenters. The van der Waals surface area contributed by atoms with E-state index in [0.717, 1.165) is 17.9 Å². The third-order valence-corrected chi connectivity index (χ3v) is 2.75. The average Bonchev–Trinajstić information content (AvgIpc) is 2.29. The van der Waals surface area contributed by atoms with Crippen molar-refractivity contribution in [2.24, 2.45) is 0 Å². The predicted molar refractivity (Wildman–Crippen MR) is 61.5 cm³/mol. The Morgan fingerprint density at radius 1 is 1.65 bits per heavy atom. The van der Waals surface area contributed by atoms with E-state index in [1.54, 1.807) is 12.4 Å². The minimum absolute atomic E-state index is 0.485. The summed E-state index contributed by atoms with van der Waals surface area (Å²) in [7, 11) is 0. The molecule has 1 saturated heterocycles. The number of nitrogens with zero attached hydrogens (tertiary/aromatic N) is 3. The maximum atomic E-state index is 10.9. The molecule has 0 radical (unpaired) electrons. The Balaban J connectivity index is 1.97. The lowest BCUT2D eigenvalue weighted by Gasteiger charge is -2.31. The van der Waals surface area contributed by atoms with Crippen LogP contribution >= 0.6 is 0 Å². The maximum absolute atomic E-state index is 10.9. The van der Waals surface area contributed by atoms with E-state index in [-0.39, 0.29) is 0 Å².